The number of rotatable bonds is 2. The van der Waals surface area contributed by atoms with Crippen LogP contribution in [0.4, 0.5) is 0 Å². The summed E-state index contributed by atoms with van der Waals surface area (Å²) in [5.41, 5.74) is -1.19. The predicted molar refractivity (Wildman–Crippen MR) is 80.8 cm³/mol. The normalized spacial score (nSPS) is 34.2. The Hall–Kier alpha value is -2.63. The summed E-state index contributed by atoms with van der Waals surface area (Å²) in [7, 11) is 0. The summed E-state index contributed by atoms with van der Waals surface area (Å²) in [4.78, 5) is 35.2. The minimum absolute atomic E-state index is 0.149. The van der Waals surface area contributed by atoms with E-state index < -0.39 is 64.6 Å². The molecule has 5 atom stereocenters. The molecular weight excluding hydrogens is 352 g/mol. The van der Waals surface area contributed by atoms with E-state index in [-0.39, 0.29) is 5.56 Å². The van der Waals surface area contributed by atoms with E-state index in [2.05, 4.69) is 0 Å². The lowest BCUT2D eigenvalue weighted by Crippen LogP contribution is -2.64. The quantitative estimate of drug-likeness (QED) is 0.322. The van der Waals surface area contributed by atoms with E-state index in [1.807, 2.05) is 0 Å². The second kappa shape index (κ2) is 5.97. The highest BCUT2D eigenvalue weighted by Crippen LogP contribution is 2.40. The van der Waals surface area contributed by atoms with E-state index in [0.717, 1.165) is 6.07 Å². The maximum Gasteiger partial charge on any atom is 0.335 e. The maximum atomic E-state index is 12.3. The summed E-state index contributed by atoms with van der Waals surface area (Å²) >= 11 is 0. The topological polar surface area (TPSA) is 182 Å². The number of allylic oxidation sites excluding steroid dienone is 1. The van der Waals surface area contributed by atoms with Crippen molar-refractivity contribution in [3.63, 3.8) is 0 Å². The highest BCUT2D eigenvalue weighted by atomic mass is 16.7. The molecule has 0 amide bonds. The van der Waals surface area contributed by atoms with Gasteiger partial charge in [0.2, 0.25) is 17.4 Å². The second-order valence-corrected chi connectivity index (χ2v) is 5.95. The van der Waals surface area contributed by atoms with E-state index in [1.165, 1.54) is 12.1 Å². The van der Waals surface area contributed by atoms with Gasteiger partial charge in [-0.1, -0.05) is 18.2 Å². The van der Waals surface area contributed by atoms with Crippen molar-refractivity contribution in [2.45, 2.75) is 30.2 Å². The number of carbonyl (C=O) groups excluding carboxylic acids is 2. The van der Waals surface area contributed by atoms with Crippen LogP contribution in [-0.4, -0.2) is 72.6 Å². The number of Topliss-reactive ketones (excluding diaryl/α,β-unsaturated/α-hetero) is 1. The van der Waals surface area contributed by atoms with Crippen molar-refractivity contribution < 1.29 is 49.8 Å². The molecular formula is C16H14O10. The molecule has 0 radical (unpaired) electrons. The van der Waals surface area contributed by atoms with Crippen LogP contribution in [-0.2, 0) is 20.1 Å². The minimum Gasteiger partial charge on any atom is -0.507 e. The maximum absolute atomic E-state index is 12.3. The molecule has 3 rings (SSSR count). The lowest BCUT2D eigenvalue weighted by Gasteiger charge is -2.45. The Balaban J connectivity index is 2.22. The second-order valence-electron chi connectivity index (χ2n) is 5.95. The molecule has 138 valence electrons. The predicted octanol–water partition coefficient (Wildman–Crippen LogP) is -1.94. The fourth-order valence-electron chi connectivity index (χ4n) is 3.05. The van der Waals surface area contributed by atoms with Crippen molar-refractivity contribution in [3.05, 3.63) is 41.0 Å². The molecule has 0 aromatic heterocycles. The van der Waals surface area contributed by atoms with Crippen LogP contribution in [0.15, 0.2) is 24.3 Å². The molecule has 6 N–H and O–H groups in total. The first kappa shape index (κ1) is 18.2. The van der Waals surface area contributed by atoms with Crippen LogP contribution in [0.1, 0.15) is 21.5 Å². The van der Waals surface area contributed by atoms with Crippen molar-refractivity contribution in [2.24, 2.45) is 0 Å². The van der Waals surface area contributed by atoms with Crippen molar-refractivity contribution in [3.8, 4) is 0 Å². The average molecular weight is 366 g/mol. The molecule has 1 unspecified atom stereocenters. The Morgan fingerprint density at radius 1 is 1.12 bits per heavy atom. The Morgan fingerprint density at radius 2 is 1.77 bits per heavy atom. The van der Waals surface area contributed by atoms with Gasteiger partial charge in [-0.25, -0.2) is 4.79 Å². The van der Waals surface area contributed by atoms with Gasteiger partial charge in [0, 0.05) is 22.8 Å². The van der Waals surface area contributed by atoms with Gasteiger partial charge in [-0.2, -0.15) is 0 Å². The number of aliphatic hydroxyl groups excluding tert-OH is 4. The lowest BCUT2D eigenvalue weighted by molar-refractivity contribution is -0.349. The largest absolute Gasteiger partial charge is 0.507 e. The Bertz CT molecular complexity index is 843. The molecule has 0 saturated carbocycles. The number of aliphatic carboxylic acids is 1. The van der Waals surface area contributed by atoms with Crippen LogP contribution in [0.25, 0.3) is 5.76 Å². The van der Waals surface area contributed by atoms with Gasteiger partial charge in [0.05, 0.1) is 0 Å². The summed E-state index contributed by atoms with van der Waals surface area (Å²) in [6, 6.07) is 3.57. The highest BCUT2D eigenvalue weighted by Gasteiger charge is 2.57. The summed E-state index contributed by atoms with van der Waals surface area (Å²) in [6.07, 6.45) is -7.91. The summed E-state index contributed by atoms with van der Waals surface area (Å²) in [5, 5.41) is 59.6. The molecule has 1 heterocycles. The molecule has 2 aliphatic rings. The molecule has 0 bridgehead atoms. The van der Waals surface area contributed by atoms with Gasteiger partial charge < -0.3 is 35.4 Å². The van der Waals surface area contributed by atoms with Crippen molar-refractivity contribution in [1.82, 2.24) is 0 Å². The Labute approximate surface area is 145 Å². The number of carboxylic acid groups (broad SMARTS) is 1. The SMILES string of the molecule is O=C1C=C(O)c2cccc(C3(O)O[C@H](C(=O)O)[C@@H](O)[C@H](O)[C@H]3O)c2C1=O. The third-order valence-corrected chi connectivity index (χ3v) is 4.38. The number of carboxylic acids is 1. The van der Waals surface area contributed by atoms with Gasteiger partial charge in [0.15, 0.2) is 6.10 Å². The minimum atomic E-state index is -2.94. The number of benzene rings is 1. The van der Waals surface area contributed by atoms with E-state index in [0.29, 0.717) is 6.08 Å². The first-order chi connectivity index (χ1) is 12.1. The van der Waals surface area contributed by atoms with Crippen molar-refractivity contribution in [2.75, 3.05) is 0 Å². The summed E-state index contributed by atoms with van der Waals surface area (Å²) < 4.78 is 4.93. The first-order valence-corrected chi connectivity index (χ1v) is 7.40. The van der Waals surface area contributed by atoms with Crippen LogP contribution in [0.5, 0.6) is 0 Å². The van der Waals surface area contributed by atoms with E-state index in [4.69, 9.17) is 9.84 Å². The summed E-state index contributed by atoms with van der Waals surface area (Å²) in [6.45, 7) is 0. The van der Waals surface area contributed by atoms with Gasteiger partial charge in [0.1, 0.15) is 24.1 Å². The zero-order chi connectivity index (χ0) is 19.4. The number of ether oxygens (including phenoxy) is 1. The van der Waals surface area contributed by atoms with Crippen LogP contribution in [0.3, 0.4) is 0 Å². The van der Waals surface area contributed by atoms with E-state index in [9.17, 15) is 39.9 Å². The Kier molecular flexibility index (Phi) is 4.17. The number of hydrogen-bond acceptors (Lipinski definition) is 9. The molecule has 10 nitrogen and oxygen atoms in total. The zero-order valence-electron chi connectivity index (χ0n) is 12.9. The third-order valence-electron chi connectivity index (χ3n) is 4.38. The van der Waals surface area contributed by atoms with Crippen molar-refractivity contribution in [1.29, 1.82) is 0 Å². The lowest BCUT2D eigenvalue weighted by atomic mass is 9.81. The number of aliphatic hydroxyl groups is 5. The molecule has 1 fully saturated rings. The molecule has 10 heteroatoms. The van der Waals surface area contributed by atoms with Crippen molar-refractivity contribution >= 4 is 23.3 Å². The molecule has 26 heavy (non-hydrogen) atoms. The fourth-order valence-corrected chi connectivity index (χ4v) is 3.05. The fraction of sp³-hybridized carbons (Fsp3) is 0.312. The summed E-state index contributed by atoms with van der Waals surface area (Å²) in [5.74, 6) is -7.50. The monoisotopic (exact) mass is 366 g/mol. The van der Waals surface area contributed by atoms with Crippen LogP contribution in [0.2, 0.25) is 0 Å². The molecule has 1 aromatic rings. The van der Waals surface area contributed by atoms with Crippen LogP contribution >= 0.6 is 0 Å². The molecule has 1 aromatic carbocycles. The molecule has 1 aliphatic heterocycles. The third kappa shape index (κ3) is 2.43. The van der Waals surface area contributed by atoms with E-state index in [1.54, 1.807) is 0 Å². The van der Waals surface area contributed by atoms with Gasteiger partial charge >= 0.3 is 5.97 Å². The first-order valence-electron chi connectivity index (χ1n) is 7.40. The highest BCUT2D eigenvalue weighted by molar-refractivity contribution is 6.50. The number of ketones is 2. The number of fused-ring (bicyclic) bond motifs is 1. The van der Waals surface area contributed by atoms with E-state index >= 15 is 0 Å². The van der Waals surface area contributed by atoms with Gasteiger partial charge in [-0.05, 0) is 0 Å². The van der Waals surface area contributed by atoms with Crippen LogP contribution < -0.4 is 0 Å². The molecule has 1 saturated heterocycles. The Morgan fingerprint density at radius 3 is 2.38 bits per heavy atom. The zero-order valence-corrected chi connectivity index (χ0v) is 12.9. The number of carbonyl (C=O) groups is 3. The standard InChI is InChI=1S/C16H14O10/c17-7-4-8(18)10(19)9-5(7)2-1-3-6(9)16(25)14(22)12(21)11(20)13(26-16)15(23)24/h1-4,11-14,17,20-22,25H,(H,23,24)/t11-,12-,13-,14+,16?/m0/s1. The van der Waals surface area contributed by atoms with Gasteiger partial charge in [-0.15, -0.1) is 0 Å². The van der Waals surface area contributed by atoms with Crippen LogP contribution in [0, 0.1) is 0 Å². The average Bonchev–Trinajstić information content (AvgIpc) is 2.60. The van der Waals surface area contributed by atoms with Gasteiger partial charge in [0.25, 0.3) is 0 Å². The van der Waals surface area contributed by atoms with Gasteiger partial charge in [-0.3, -0.25) is 9.59 Å². The molecule has 0 spiro atoms. The number of hydrogen-bond donors (Lipinski definition) is 6. The smallest absolute Gasteiger partial charge is 0.335 e. The molecule has 1 aliphatic carbocycles.